The minimum Gasteiger partial charge on any atom is -0.302 e. The van der Waals surface area contributed by atoms with Crippen LogP contribution < -0.4 is 0 Å². The first kappa shape index (κ1) is 15.8. The third kappa shape index (κ3) is 3.83. The van der Waals surface area contributed by atoms with E-state index in [0.717, 1.165) is 42.0 Å². The molecule has 0 saturated carbocycles. The van der Waals surface area contributed by atoms with Crippen molar-refractivity contribution < 1.29 is 4.39 Å². The van der Waals surface area contributed by atoms with Gasteiger partial charge in [0.1, 0.15) is 5.82 Å². The highest BCUT2D eigenvalue weighted by atomic mass is 32.1. The van der Waals surface area contributed by atoms with Crippen LogP contribution in [0.2, 0.25) is 0 Å². The van der Waals surface area contributed by atoms with E-state index < -0.39 is 0 Å². The first-order chi connectivity index (χ1) is 11.1. The van der Waals surface area contributed by atoms with Crippen LogP contribution in [-0.2, 0) is 13.0 Å². The van der Waals surface area contributed by atoms with Gasteiger partial charge < -0.3 is 4.90 Å². The topological polar surface area (TPSA) is 44.8 Å². The van der Waals surface area contributed by atoms with Gasteiger partial charge in [0.25, 0.3) is 0 Å². The molecule has 0 unspecified atom stereocenters. The van der Waals surface area contributed by atoms with Gasteiger partial charge >= 0.3 is 0 Å². The van der Waals surface area contributed by atoms with Crippen LogP contribution in [0, 0.1) is 12.7 Å². The number of nitrogens with zero attached hydrogens (tertiary/aromatic N) is 3. The molecule has 6 heteroatoms. The van der Waals surface area contributed by atoms with Crippen molar-refractivity contribution in [1.82, 2.24) is 20.1 Å². The molecule has 0 spiro atoms. The van der Waals surface area contributed by atoms with Crippen LogP contribution in [0.4, 0.5) is 4.39 Å². The fourth-order valence-electron chi connectivity index (χ4n) is 2.53. The van der Waals surface area contributed by atoms with Crippen molar-refractivity contribution in [3.63, 3.8) is 0 Å². The Morgan fingerprint density at radius 2 is 2.04 bits per heavy atom. The van der Waals surface area contributed by atoms with E-state index in [4.69, 9.17) is 0 Å². The van der Waals surface area contributed by atoms with Gasteiger partial charge in [0, 0.05) is 29.1 Å². The summed E-state index contributed by atoms with van der Waals surface area (Å²) in [5.74, 6) is -0.230. The minimum atomic E-state index is -0.230. The quantitative estimate of drug-likeness (QED) is 0.750. The molecule has 0 atom stereocenters. The molecule has 3 rings (SSSR count). The molecule has 0 aliphatic rings. The summed E-state index contributed by atoms with van der Waals surface area (Å²) < 4.78 is 13.1. The second-order valence-corrected chi connectivity index (χ2v) is 6.57. The van der Waals surface area contributed by atoms with Gasteiger partial charge in [-0.05, 0) is 44.7 Å². The molecule has 0 aliphatic carbocycles. The maximum atomic E-state index is 13.1. The second kappa shape index (κ2) is 7.02. The normalized spacial score (nSPS) is 11.3. The van der Waals surface area contributed by atoms with Crippen molar-refractivity contribution in [1.29, 1.82) is 0 Å². The lowest BCUT2D eigenvalue weighted by Crippen LogP contribution is -2.20. The van der Waals surface area contributed by atoms with E-state index >= 15 is 0 Å². The molecule has 4 nitrogen and oxygen atoms in total. The summed E-state index contributed by atoms with van der Waals surface area (Å²) in [4.78, 5) is 7.88. The van der Waals surface area contributed by atoms with E-state index in [9.17, 15) is 4.39 Å². The summed E-state index contributed by atoms with van der Waals surface area (Å²) in [7, 11) is 2.10. The zero-order valence-electron chi connectivity index (χ0n) is 13.2. The Morgan fingerprint density at radius 1 is 1.26 bits per heavy atom. The van der Waals surface area contributed by atoms with E-state index in [0.29, 0.717) is 0 Å². The fourth-order valence-corrected chi connectivity index (χ4v) is 3.30. The number of H-pyrrole nitrogens is 1. The van der Waals surface area contributed by atoms with Crippen LogP contribution in [-0.4, -0.2) is 33.7 Å². The third-order valence-corrected chi connectivity index (χ3v) is 4.85. The van der Waals surface area contributed by atoms with Crippen molar-refractivity contribution >= 4 is 11.3 Å². The minimum absolute atomic E-state index is 0.230. The van der Waals surface area contributed by atoms with Crippen LogP contribution in [0.3, 0.4) is 0 Å². The molecule has 23 heavy (non-hydrogen) atoms. The summed E-state index contributed by atoms with van der Waals surface area (Å²) in [6.45, 7) is 3.80. The van der Waals surface area contributed by atoms with Crippen molar-refractivity contribution in [2.45, 2.75) is 19.9 Å². The smallest absolute Gasteiger partial charge is 0.123 e. The van der Waals surface area contributed by atoms with Gasteiger partial charge in [0.15, 0.2) is 0 Å². The summed E-state index contributed by atoms with van der Waals surface area (Å²) in [6.07, 6.45) is 2.84. The average Bonchev–Trinajstić information content (AvgIpc) is 3.15. The van der Waals surface area contributed by atoms with E-state index in [2.05, 4.69) is 34.1 Å². The Labute approximate surface area is 139 Å². The molecule has 3 aromatic rings. The number of nitrogens with one attached hydrogen (secondary N) is 1. The number of aromatic amines is 1. The van der Waals surface area contributed by atoms with Gasteiger partial charge in [-0.3, -0.25) is 5.10 Å². The molecule has 1 N–H and O–H groups in total. The van der Waals surface area contributed by atoms with Gasteiger partial charge in [-0.2, -0.15) is 5.10 Å². The number of thiazole rings is 1. The first-order valence-electron chi connectivity index (χ1n) is 7.49. The molecule has 0 radical (unpaired) electrons. The van der Waals surface area contributed by atoms with Crippen LogP contribution in [0.25, 0.3) is 11.3 Å². The Hall–Kier alpha value is -2.05. The first-order valence-corrected chi connectivity index (χ1v) is 8.37. The number of rotatable bonds is 6. The predicted octanol–water partition coefficient (Wildman–Crippen LogP) is 3.66. The number of hydrogen-bond acceptors (Lipinski definition) is 4. The largest absolute Gasteiger partial charge is 0.302 e. The van der Waals surface area contributed by atoms with E-state index in [1.165, 1.54) is 17.0 Å². The standard InChI is InChI=1S/C17H19FN4S/c1-12-16(23-11-19-12)7-8-22(2)10-14-9-20-21-17(14)13-3-5-15(18)6-4-13/h3-6,9,11H,7-8,10H2,1-2H3,(H,20,21). The molecule has 0 amide bonds. The summed E-state index contributed by atoms with van der Waals surface area (Å²) >= 11 is 1.71. The van der Waals surface area contributed by atoms with Crippen molar-refractivity contribution in [2.24, 2.45) is 0 Å². The number of likely N-dealkylation sites (N-methyl/N-ethyl adjacent to an activating group) is 1. The molecule has 0 aliphatic heterocycles. The Kier molecular flexibility index (Phi) is 4.83. The summed E-state index contributed by atoms with van der Waals surface area (Å²) in [5.41, 5.74) is 6.03. The van der Waals surface area contributed by atoms with Gasteiger partial charge in [-0.15, -0.1) is 11.3 Å². The van der Waals surface area contributed by atoms with E-state index in [1.54, 1.807) is 23.5 Å². The molecule has 1 aromatic carbocycles. The summed E-state index contributed by atoms with van der Waals surface area (Å²) in [5, 5.41) is 7.16. The number of halogens is 1. The summed E-state index contributed by atoms with van der Waals surface area (Å²) in [6, 6.07) is 6.48. The van der Waals surface area contributed by atoms with Gasteiger partial charge in [-0.1, -0.05) is 0 Å². The zero-order valence-corrected chi connectivity index (χ0v) is 14.0. The molecule has 2 aromatic heterocycles. The zero-order chi connectivity index (χ0) is 16.2. The highest BCUT2D eigenvalue weighted by Gasteiger charge is 2.11. The van der Waals surface area contributed by atoms with Gasteiger partial charge in [0.2, 0.25) is 0 Å². The number of aryl methyl sites for hydroxylation is 1. The lowest BCUT2D eigenvalue weighted by molar-refractivity contribution is 0.332. The van der Waals surface area contributed by atoms with Crippen molar-refractivity contribution in [3.8, 4) is 11.3 Å². The van der Waals surface area contributed by atoms with Crippen molar-refractivity contribution in [3.05, 3.63) is 57.9 Å². The molecular formula is C17H19FN4S. The van der Waals surface area contributed by atoms with Gasteiger partial charge in [-0.25, -0.2) is 9.37 Å². The van der Waals surface area contributed by atoms with Crippen LogP contribution in [0.1, 0.15) is 16.1 Å². The second-order valence-electron chi connectivity index (χ2n) is 5.63. The SMILES string of the molecule is Cc1ncsc1CCN(C)Cc1cn[nH]c1-c1ccc(F)cc1. The van der Waals surface area contributed by atoms with Crippen molar-refractivity contribution in [2.75, 3.05) is 13.6 Å². The number of benzene rings is 1. The highest BCUT2D eigenvalue weighted by molar-refractivity contribution is 7.09. The number of hydrogen-bond donors (Lipinski definition) is 1. The molecule has 0 bridgehead atoms. The highest BCUT2D eigenvalue weighted by Crippen LogP contribution is 2.22. The average molecular weight is 330 g/mol. The Balaban J connectivity index is 1.65. The van der Waals surface area contributed by atoms with Crippen LogP contribution >= 0.6 is 11.3 Å². The maximum absolute atomic E-state index is 13.1. The molecule has 0 saturated heterocycles. The number of aromatic nitrogens is 3. The van der Waals surface area contributed by atoms with E-state index in [1.807, 2.05) is 11.7 Å². The lowest BCUT2D eigenvalue weighted by Gasteiger charge is -2.16. The van der Waals surface area contributed by atoms with Gasteiger partial charge in [0.05, 0.1) is 23.1 Å². The molecule has 0 fully saturated rings. The Bertz CT molecular complexity index is 763. The molecule has 2 heterocycles. The Morgan fingerprint density at radius 3 is 2.74 bits per heavy atom. The predicted molar refractivity (Wildman–Crippen MR) is 90.9 cm³/mol. The monoisotopic (exact) mass is 330 g/mol. The van der Waals surface area contributed by atoms with E-state index in [-0.39, 0.29) is 5.82 Å². The molecule has 120 valence electrons. The van der Waals surface area contributed by atoms with Crippen LogP contribution in [0.15, 0.2) is 36.0 Å². The molecular weight excluding hydrogens is 311 g/mol. The third-order valence-electron chi connectivity index (χ3n) is 3.86. The fraction of sp³-hybridized carbons (Fsp3) is 0.294. The maximum Gasteiger partial charge on any atom is 0.123 e. The lowest BCUT2D eigenvalue weighted by atomic mass is 10.1. The van der Waals surface area contributed by atoms with Crippen LogP contribution in [0.5, 0.6) is 0 Å².